The number of aryl methyl sites for hydroxylation is 1. The predicted octanol–water partition coefficient (Wildman–Crippen LogP) is 5.94. The van der Waals surface area contributed by atoms with Gasteiger partial charge in [-0.15, -0.1) is 11.3 Å². The molecule has 0 aliphatic carbocycles. The molecule has 0 aliphatic rings. The maximum atomic E-state index is 3.59. The molecule has 1 heterocycles. The van der Waals surface area contributed by atoms with E-state index < -0.39 is 0 Å². The Morgan fingerprint density at radius 3 is 2.65 bits per heavy atom. The third-order valence-corrected chi connectivity index (χ3v) is 5.18. The second-order valence-corrected chi connectivity index (χ2v) is 7.09. The lowest BCUT2D eigenvalue weighted by Gasteiger charge is -2.15. The minimum Gasteiger partial charge on any atom is -0.310 e. The van der Waals surface area contributed by atoms with E-state index in [0.29, 0.717) is 6.04 Å². The highest BCUT2D eigenvalue weighted by atomic mass is 79.9. The van der Waals surface area contributed by atoms with Crippen molar-refractivity contribution in [3.05, 3.63) is 45.2 Å². The first-order valence-electron chi connectivity index (χ1n) is 7.25. The zero-order valence-electron chi connectivity index (χ0n) is 12.4. The van der Waals surface area contributed by atoms with Gasteiger partial charge in [-0.05, 0) is 55.3 Å². The minimum atomic E-state index is 0.500. The molecule has 0 radical (unpaired) electrons. The van der Waals surface area contributed by atoms with E-state index in [4.69, 9.17) is 0 Å². The topological polar surface area (TPSA) is 12.0 Å². The Bertz CT molecular complexity index is 556. The van der Waals surface area contributed by atoms with Crippen LogP contribution in [-0.4, -0.2) is 6.54 Å². The fraction of sp³-hybridized carbons (Fsp3) is 0.412. The predicted molar refractivity (Wildman–Crippen MR) is 93.5 cm³/mol. The van der Waals surface area contributed by atoms with Crippen molar-refractivity contribution in [2.45, 2.75) is 39.7 Å². The second-order valence-electron chi connectivity index (χ2n) is 5.06. The molecule has 0 spiro atoms. The van der Waals surface area contributed by atoms with Gasteiger partial charge in [0, 0.05) is 20.3 Å². The number of thiophene rings is 1. The van der Waals surface area contributed by atoms with E-state index in [2.05, 4.69) is 72.3 Å². The van der Waals surface area contributed by atoms with Crippen LogP contribution in [0.2, 0.25) is 0 Å². The summed E-state index contributed by atoms with van der Waals surface area (Å²) < 4.78 is 1.15. The van der Waals surface area contributed by atoms with Crippen molar-refractivity contribution in [2.24, 2.45) is 0 Å². The molecule has 0 saturated heterocycles. The lowest BCUT2D eigenvalue weighted by Crippen LogP contribution is -2.19. The van der Waals surface area contributed by atoms with Crippen LogP contribution in [0.25, 0.3) is 10.4 Å². The number of hydrogen-bond donors (Lipinski definition) is 1. The molecule has 1 nitrogen and oxygen atoms in total. The third kappa shape index (κ3) is 3.72. The highest BCUT2D eigenvalue weighted by Crippen LogP contribution is 2.35. The van der Waals surface area contributed by atoms with Gasteiger partial charge in [-0.1, -0.05) is 42.3 Å². The van der Waals surface area contributed by atoms with Crippen LogP contribution < -0.4 is 5.32 Å². The van der Waals surface area contributed by atoms with Gasteiger partial charge in [0.2, 0.25) is 0 Å². The molecule has 1 aromatic carbocycles. The number of benzene rings is 1. The number of rotatable bonds is 6. The molecule has 0 amide bonds. The average molecular weight is 352 g/mol. The van der Waals surface area contributed by atoms with Crippen molar-refractivity contribution >= 4 is 27.3 Å². The molecule has 1 atom stereocenters. The Morgan fingerprint density at radius 1 is 1.20 bits per heavy atom. The summed E-state index contributed by atoms with van der Waals surface area (Å²) in [7, 11) is 0. The molecule has 1 unspecified atom stereocenters. The highest BCUT2D eigenvalue weighted by molar-refractivity contribution is 9.10. The summed E-state index contributed by atoms with van der Waals surface area (Å²) in [5, 5.41) is 3.59. The maximum Gasteiger partial charge on any atom is 0.0414 e. The minimum absolute atomic E-state index is 0.500. The number of hydrogen-bond acceptors (Lipinski definition) is 2. The highest BCUT2D eigenvalue weighted by Gasteiger charge is 2.13. The van der Waals surface area contributed by atoms with Crippen LogP contribution in [0, 0.1) is 6.92 Å². The van der Waals surface area contributed by atoms with E-state index in [-0.39, 0.29) is 0 Å². The van der Waals surface area contributed by atoms with E-state index >= 15 is 0 Å². The zero-order valence-corrected chi connectivity index (χ0v) is 14.8. The van der Waals surface area contributed by atoms with Crippen molar-refractivity contribution in [3.63, 3.8) is 0 Å². The monoisotopic (exact) mass is 351 g/mol. The molecule has 108 valence electrons. The molecule has 2 rings (SSSR count). The normalized spacial score (nSPS) is 12.6. The Labute approximate surface area is 134 Å². The average Bonchev–Trinajstić information content (AvgIpc) is 2.88. The van der Waals surface area contributed by atoms with Gasteiger partial charge in [-0.3, -0.25) is 0 Å². The van der Waals surface area contributed by atoms with Crippen LogP contribution in [0.5, 0.6) is 0 Å². The Morgan fingerprint density at radius 2 is 2.00 bits per heavy atom. The van der Waals surface area contributed by atoms with Crippen LogP contribution >= 0.6 is 27.3 Å². The summed E-state index contributed by atoms with van der Waals surface area (Å²) >= 11 is 5.45. The van der Waals surface area contributed by atoms with E-state index in [9.17, 15) is 0 Å². The van der Waals surface area contributed by atoms with Gasteiger partial charge < -0.3 is 5.32 Å². The molecule has 1 N–H and O–H groups in total. The molecule has 0 bridgehead atoms. The standard InChI is InChI=1S/C17H22BrNS/c1-4-6-15(19-5-2)17-10-9-16(20-17)14-8-7-13(18)11-12(14)3/h7-11,15,19H,4-6H2,1-3H3. The van der Waals surface area contributed by atoms with Crippen LogP contribution in [-0.2, 0) is 0 Å². The van der Waals surface area contributed by atoms with Gasteiger partial charge >= 0.3 is 0 Å². The van der Waals surface area contributed by atoms with E-state index in [1.54, 1.807) is 0 Å². The van der Waals surface area contributed by atoms with Gasteiger partial charge in [0.05, 0.1) is 0 Å². The van der Waals surface area contributed by atoms with Gasteiger partial charge in [-0.25, -0.2) is 0 Å². The van der Waals surface area contributed by atoms with Crippen LogP contribution in [0.1, 0.15) is 43.2 Å². The summed E-state index contributed by atoms with van der Waals surface area (Å²) in [6.07, 6.45) is 2.41. The molecule has 3 heteroatoms. The Kier molecular flexibility index (Phi) is 5.82. The molecular formula is C17H22BrNS. The third-order valence-electron chi connectivity index (χ3n) is 3.45. The quantitative estimate of drug-likeness (QED) is 0.679. The Hall–Kier alpha value is -0.640. The molecule has 2 aromatic rings. The van der Waals surface area contributed by atoms with Crippen LogP contribution in [0.4, 0.5) is 0 Å². The first-order valence-corrected chi connectivity index (χ1v) is 8.86. The van der Waals surface area contributed by atoms with Gasteiger partial charge in [0.15, 0.2) is 0 Å². The molecule has 20 heavy (non-hydrogen) atoms. The summed E-state index contributed by atoms with van der Waals surface area (Å²) in [6, 6.07) is 11.6. The Balaban J connectivity index is 2.27. The van der Waals surface area contributed by atoms with Crippen molar-refractivity contribution in [2.75, 3.05) is 6.54 Å². The summed E-state index contributed by atoms with van der Waals surface area (Å²) in [5.74, 6) is 0. The van der Waals surface area contributed by atoms with E-state index in [1.165, 1.54) is 33.7 Å². The summed E-state index contributed by atoms with van der Waals surface area (Å²) in [5.41, 5.74) is 2.67. The van der Waals surface area contributed by atoms with Gasteiger partial charge in [0.25, 0.3) is 0 Å². The SMILES string of the molecule is CCCC(NCC)c1ccc(-c2ccc(Br)cc2C)s1. The molecule has 0 aliphatic heterocycles. The van der Waals surface area contributed by atoms with Crippen molar-refractivity contribution in [3.8, 4) is 10.4 Å². The smallest absolute Gasteiger partial charge is 0.0414 e. The van der Waals surface area contributed by atoms with Crippen LogP contribution in [0.15, 0.2) is 34.8 Å². The first kappa shape index (κ1) is 15.7. The van der Waals surface area contributed by atoms with Crippen molar-refractivity contribution < 1.29 is 0 Å². The van der Waals surface area contributed by atoms with Gasteiger partial charge in [-0.2, -0.15) is 0 Å². The molecular weight excluding hydrogens is 330 g/mol. The fourth-order valence-electron chi connectivity index (χ4n) is 2.47. The van der Waals surface area contributed by atoms with Gasteiger partial charge in [0.1, 0.15) is 0 Å². The van der Waals surface area contributed by atoms with E-state index in [1.807, 2.05) is 11.3 Å². The van der Waals surface area contributed by atoms with E-state index in [0.717, 1.165) is 11.0 Å². The molecule has 0 saturated carbocycles. The summed E-state index contributed by atoms with van der Waals surface area (Å²) in [4.78, 5) is 2.81. The lowest BCUT2D eigenvalue weighted by molar-refractivity contribution is 0.516. The van der Waals surface area contributed by atoms with Crippen molar-refractivity contribution in [1.29, 1.82) is 0 Å². The van der Waals surface area contributed by atoms with Crippen molar-refractivity contribution in [1.82, 2.24) is 5.32 Å². The zero-order chi connectivity index (χ0) is 14.5. The molecule has 0 fully saturated rings. The lowest BCUT2D eigenvalue weighted by atomic mass is 10.1. The fourth-order valence-corrected chi connectivity index (χ4v) is 4.15. The number of nitrogens with one attached hydrogen (secondary N) is 1. The molecule has 1 aromatic heterocycles. The van der Waals surface area contributed by atoms with Crippen LogP contribution in [0.3, 0.4) is 0 Å². The largest absolute Gasteiger partial charge is 0.310 e. The second kappa shape index (κ2) is 7.39. The summed E-state index contributed by atoms with van der Waals surface area (Å²) in [6.45, 7) is 7.62. The number of halogens is 1. The first-order chi connectivity index (χ1) is 9.65. The maximum absolute atomic E-state index is 3.59.